The number of halogens is 2. The van der Waals surface area contributed by atoms with Crippen LogP contribution in [0.5, 0.6) is 0 Å². The van der Waals surface area contributed by atoms with Crippen LogP contribution in [0.4, 0.5) is 8.78 Å². The van der Waals surface area contributed by atoms with Crippen molar-refractivity contribution in [1.29, 1.82) is 5.26 Å². The SMILES string of the molecule is N#C[C@@H](C(=O)c1ccc(F)c(F)c1)c1nc2ccccc2[nH]1. The first-order valence-electron chi connectivity index (χ1n) is 6.43. The highest BCUT2D eigenvalue weighted by Gasteiger charge is 2.25. The number of Topliss-reactive ketones (excluding diaryl/α,β-unsaturated/α-hetero) is 1. The number of carbonyl (C=O) groups is 1. The van der Waals surface area contributed by atoms with E-state index in [0.717, 1.165) is 18.2 Å². The van der Waals surface area contributed by atoms with Crippen LogP contribution < -0.4 is 0 Å². The molecule has 1 aromatic heterocycles. The van der Waals surface area contributed by atoms with Crippen molar-refractivity contribution < 1.29 is 13.6 Å². The highest BCUT2D eigenvalue weighted by atomic mass is 19.2. The van der Waals surface area contributed by atoms with Crippen LogP contribution in [0.1, 0.15) is 22.1 Å². The molecule has 1 heterocycles. The zero-order chi connectivity index (χ0) is 15.7. The molecule has 0 spiro atoms. The van der Waals surface area contributed by atoms with Gasteiger partial charge in [0.1, 0.15) is 5.82 Å². The molecule has 0 unspecified atom stereocenters. The number of nitrogens with zero attached hydrogens (tertiary/aromatic N) is 2. The molecular formula is C16H9F2N3O. The lowest BCUT2D eigenvalue weighted by Gasteiger charge is -2.05. The number of carbonyl (C=O) groups excluding carboxylic acids is 1. The number of ketones is 1. The monoisotopic (exact) mass is 297 g/mol. The van der Waals surface area contributed by atoms with Crippen molar-refractivity contribution in [2.45, 2.75) is 5.92 Å². The van der Waals surface area contributed by atoms with Gasteiger partial charge in [0.25, 0.3) is 0 Å². The molecule has 6 heteroatoms. The predicted molar refractivity (Wildman–Crippen MR) is 75.1 cm³/mol. The van der Waals surface area contributed by atoms with E-state index in [1.165, 1.54) is 0 Å². The number of fused-ring (bicyclic) bond motifs is 1. The summed E-state index contributed by atoms with van der Waals surface area (Å²) in [6, 6.07) is 11.7. The van der Waals surface area contributed by atoms with E-state index in [2.05, 4.69) is 9.97 Å². The van der Waals surface area contributed by atoms with E-state index in [1.54, 1.807) is 24.3 Å². The molecule has 1 atom stereocenters. The van der Waals surface area contributed by atoms with Crippen molar-refractivity contribution >= 4 is 16.8 Å². The van der Waals surface area contributed by atoms with Crippen molar-refractivity contribution in [3.05, 3.63) is 65.5 Å². The van der Waals surface area contributed by atoms with Gasteiger partial charge in [-0.3, -0.25) is 4.79 Å². The summed E-state index contributed by atoms with van der Waals surface area (Å²) in [4.78, 5) is 19.4. The molecule has 0 amide bonds. The van der Waals surface area contributed by atoms with Gasteiger partial charge in [-0.1, -0.05) is 12.1 Å². The number of H-pyrrole nitrogens is 1. The van der Waals surface area contributed by atoms with E-state index in [9.17, 15) is 18.8 Å². The van der Waals surface area contributed by atoms with Gasteiger partial charge in [0.15, 0.2) is 23.3 Å². The standard InChI is InChI=1S/C16H9F2N3O/c17-11-6-5-9(7-12(11)18)15(22)10(8-19)16-20-13-3-1-2-4-14(13)21-16/h1-7,10H,(H,20,21)/t10-/m0/s1. The molecule has 0 saturated heterocycles. The van der Waals surface area contributed by atoms with Crippen LogP contribution in [0.15, 0.2) is 42.5 Å². The molecule has 0 saturated carbocycles. The summed E-state index contributed by atoms with van der Waals surface area (Å²) in [6.07, 6.45) is 0. The molecular weight excluding hydrogens is 288 g/mol. The maximum absolute atomic E-state index is 13.2. The molecule has 0 bridgehead atoms. The number of para-hydroxylation sites is 2. The van der Waals surface area contributed by atoms with Gasteiger partial charge in [-0.15, -0.1) is 0 Å². The summed E-state index contributed by atoms with van der Waals surface area (Å²) in [7, 11) is 0. The highest BCUT2D eigenvalue weighted by Crippen LogP contribution is 2.22. The van der Waals surface area contributed by atoms with Gasteiger partial charge in [0.05, 0.1) is 17.1 Å². The molecule has 108 valence electrons. The molecule has 0 aliphatic carbocycles. The lowest BCUT2D eigenvalue weighted by molar-refractivity contribution is 0.0976. The van der Waals surface area contributed by atoms with Gasteiger partial charge in [-0.2, -0.15) is 5.26 Å². The molecule has 0 aliphatic heterocycles. The van der Waals surface area contributed by atoms with Crippen molar-refractivity contribution in [2.75, 3.05) is 0 Å². The van der Waals surface area contributed by atoms with Gasteiger partial charge in [0.2, 0.25) is 0 Å². The van der Waals surface area contributed by atoms with Crippen molar-refractivity contribution in [1.82, 2.24) is 9.97 Å². The fraction of sp³-hybridized carbons (Fsp3) is 0.0625. The maximum Gasteiger partial charge on any atom is 0.187 e. The number of hydrogen-bond acceptors (Lipinski definition) is 3. The number of imidazole rings is 1. The quantitative estimate of drug-likeness (QED) is 0.754. The summed E-state index contributed by atoms with van der Waals surface area (Å²) in [5.74, 6) is -3.85. The Balaban J connectivity index is 2.01. The minimum Gasteiger partial charge on any atom is -0.340 e. The number of aromatic nitrogens is 2. The zero-order valence-corrected chi connectivity index (χ0v) is 11.2. The number of nitrogens with one attached hydrogen (secondary N) is 1. The molecule has 3 aromatic rings. The first-order chi connectivity index (χ1) is 10.6. The van der Waals surface area contributed by atoms with Crippen molar-refractivity contribution in [3.63, 3.8) is 0 Å². The highest BCUT2D eigenvalue weighted by molar-refractivity contribution is 6.02. The van der Waals surface area contributed by atoms with E-state index in [0.29, 0.717) is 11.0 Å². The second-order valence-electron chi connectivity index (χ2n) is 4.69. The minimum absolute atomic E-state index is 0.0779. The first kappa shape index (κ1) is 13.9. The van der Waals surface area contributed by atoms with Crippen LogP contribution in [-0.4, -0.2) is 15.8 Å². The first-order valence-corrected chi connectivity index (χ1v) is 6.43. The Bertz CT molecular complexity index is 878. The fourth-order valence-electron chi connectivity index (χ4n) is 2.17. The fourth-order valence-corrected chi connectivity index (χ4v) is 2.17. The van der Waals surface area contributed by atoms with Crippen LogP contribution in [-0.2, 0) is 0 Å². The van der Waals surface area contributed by atoms with Gasteiger partial charge in [-0.05, 0) is 30.3 Å². The molecule has 4 nitrogen and oxygen atoms in total. The Morgan fingerprint density at radius 3 is 2.64 bits per heavy atom. The largest absolute Gasteiger partial charge is 0.340 e. The number of rotatable bonds is 3. The topological polar surface area (TPSA) is 69.5 Å². The van der Waals surface area contributed by atoms with Gasteiger partial charge >= 0.3 is 0 Å². The Labute approximate surface area is 124 Å². The van der Waals surface area contributed by atoms with Crippen LogP contribution in [0, 0.1) is 23.0 Å². The molecule has 2 aromatic carbocycles. The van der Waals surface area contributed by atoms with Crippen LogP contribution in [0.3, 0.4) is 0 Å². The normalized spacial score (nSPS) is 12.0. The smallest absolute Gasteiger partial charge is 0.187 e. The third-order valence-electron chi connectivity index (χ3n) is 3.28. The molecule has 0 fully saturated rings. The molecule has 0 aliphatic rings. The van der Waals surface area contributed by atoms with Crippen LogP contribution in [0.25, 0.3) is 11.0 Å². The molecule has 3 rings (SSSR count). The summed E-state index contributed by atoms with van der Waals surface area (Å²) >= 11 is 0. The third-order valence-corrected chi connectivity index (χ3v) is 3.28. The summed E-state index contributed by atoms with van der Waals surface area (Å²) in [6.45, 7) is 0. The van der Waals surface area contributed by atoms with Gasteiger partial charge < -0.3 is 4.98 Å². The van der Waals surface area contributed by atoms with Gasteiger partial charge in [0, 0.05) is 5.56 Å². The van der Waals surface area contributed by atoms with E-state index >= 15 is 0 Å². The van der Waals surface area contributed by atoms with Crippen LogP contribution in [0.2, 0.25) is 0 Å². The Hall–Kier alpha value is -3.07. The summed E-state index contributed by atoms with van der Waals surface area (Å²) < 4.78 is 26.2. The molecule has 0 radical (unpaired) electrons. The zero-order valence-electron chi connectivity index (χ0n) is 11.2. The summed E-state index contributed by atoms with van der Waals surface area (Å²) in [5, 5.41) is 9.26. The summed E-state index contributed by atoms with van der Waals surface area (Å²) in [5.41, 5.74) is 1.23. The van der Waals surface area contributed by atoms with E-state index < -0.39 is 23.3 Å². The Morgan fingerprint density at radius 1 is 1.18 bits per heavy atom. The second-order valence-corrected chi connectivity index (χ2v) is 4.69. The third kappa shape index (κ3) is 2.33. The number of hydrogen-bond donors (Lipinski definition) is 1. The van der Waals surface area contributed by atoms with Crippen LogP contribution >= 0.6 is 0 Å². The molecule has 22 heavy (non-hydrogen) atoms. The molecule has 1 N–H and O–H groups in total. The van der Waals surface area contributed by atoms with E-state index in [1.807, 2.05) is 6.07 Å². The van der Waals surface area contributed by atoms with E-state index in [-0.39, 0.29) is 11.4 Å². The lowest BCUT2D eigenvalue weighted by Crippen LogP contribution is -2.13. The number of aromatic amines is 1. The second kappa shape index (κ2) is 5.37. The average molecular weight is 297 g/mol. The average Bonchev–Trinajstić information content (AvgIpc) is 2.94. The van der Waals surface area contributed by atoms with Crippen molar-refractivity contribution in [2.24, 2.45) is 0 Å². The maximum atomic E-state index is 13.2. The Morgan fingerprint density at radius 2 is 1.95 bits per heavy atom. The predicted octanol–water partition coefficient (Wildman–Crippen LogP) is 3.33. The number of nitriles is 1. The van der Waals surface area contributed by atoms with Gasteiger partial charge in [-0.25, -0.2) is 13.8 Å². The van der Waals surface area contributed by atoms with Crippen molar-refractivity contribution in [3.8, 4) is 6.07 Å². The minimum atomic E-state index is -1.21. The lowest BCUT2D eigenvalue weighted by atomic mass is 9.98. The Kier molecular flexibility index (Phi) is 3.39. The van der Waals surface area contributed by atoms with E-state index in [4.69, 9.17) is 0 Å². The number of benzene rings is 2.